The largest absolute Gasteiger partial charge is 0.379 e. The summed E-state index contributed by atoms with van der Waals surface area (Å²) in [6.45, 7) is 0.698. The third kappa shape index (κ3) is 3.94. The molecule has 0 radical (unpaired) electrons. The summed E-state index contributed by atoms with van der Waals surface area (Å²) in [5.74, 6) is 0.0358. The maximum Gasteiger partial charge on any atom is 0.193 e. The molecule has 0 bridgehead atoms. The van der Waals surface area contributed by atoms with Gasteiger partial charge in [-0.25, -0.2) is 0 Å². The van der Waals surface area contributed by atoms with Crippen molar-refractivity contribution >= 4 is 23.2 Å². The Morgan fingerprint density at radius 1 is 1.07 bits per heavy atom. The maximum absolute atomic E-state index is 12.7. The number of thioether (sulfide) groups is 1. The Morgan fingerprint density at radius 3 is 2.68 bits per heavy atom. The Bertz CT molecular complexity index is 989. The van der Waals surface area contributed by atoms with Crippen molar-refractivity contribution in [3.63, 3.8) is 0 Å². The fourth-order valence-corrected chi connectivity index (χ4v) is 4.33. The standard InChI is InChI=1S/C23H21N3OS/c1-26-21(16-28-23(26)19-10-6-12-24-14-19)15-25-20-11-5-9-18(13-20)22(27)17-7-3-2-4-8-17/h2-14,16,23,25H,15H2,1H3. The minimum absolute atomic E-state index is 0.0358. The summed E-state index contributed by atoms with van der Waals surface area (Å²) < 4.78 is 0. The van der Waals surface area contributed by atoms with Gasteiger partial charge in [-0.3, -0.25) is 9.78 Å². The first-order valence-corrected chi connectivity index (χ1v) is 10.1. The summed E-state index contributed by atoms with van der Waals surface area (Å²) in [4.78, 5) is 19.1. The molecule has 0 fully saturated rings. The fourth-order valence-electron chi connectivity index (χ4n) is 3.18. The van der Waals surface area contributed by atoms with Gasteiger partial charge in [0.25, 0.3) is 0 Å². The molecule has 2 heterocycles. The van der Waals surface area contributed by atoms with Gasteiger partial charge in [-0.2, -0.15) is 0 Å². The number of aromatic nitrogens is 1. The molecule has 4 rings (SSSR count). The maximum atomic E-state index is 12.7. The normalized spacial score (nSPS) is 16.0. The number of anilines is 1. The minimum Gasteiger partial charge on any atom is -0.379 e. The van der Waals surface area contributed by atoms with E-state index in [1.807, 2.05) is 66.9 Å². The number of carbonyl (C=O) groups excluding carboxylic acids is 1. The Balaban J connectivity index is 1.41. The van der Waals surface area contributed by atoms with Gasteiger partial charge in [0.2, 0.25) is 0 Å². The second kappa shape index (κ2) is 8.31. The highest BCUT2D eigenvalue weighted by molar-refractivity contribution is 8.02. The van der Waals surface area contributed by atoms with E-state index in [2.05, 4.69) is 33.7 Å². The Morgan fingerprint density at radius 2 is 1.89 bits per heavy atom. The molecule has 1 N–H and O–H groups in total. The SMILES string of the molecule is CN1C(CNc2cccc(C(=O)c3ccccc3)c2)=CSC1c1cccnc1. The number of nitrogens with one attached hydrogen (secondary N) is 1. The van der Waals surface area contributed by atoms with Gasteiger partial charge in [0.05, 0.1) is 6.54 Å². The van der Waals surface area contributed by atoms with Crippen LogP contribution in [0.2, 0.25) is 0 Å². The summed E-state index contributed by atoms with van der Waals surface area (Å²) in [5.41, 5.74) is 4.72. The van der Waals surface area contributed by atoms with Gasteiger partial charge >= 0.3 is 0 Å². The molecule has 0 saturated carbocycles. The van der Waals surface area contributed by atoms with E-state index in [1.165, 1.54) is 11.3 Å². The summed E-state index contributed by atoms with van der Waals surface area (Å²) in [7, 11) is 2.10. The van der Waals surface area contributed by atoms with Crippen LogP contribution in [0.5, 0.6) is 0 Å². The van der Waals surface area contributed by atoms with Crippen molar-refractivity contribution in [2.75, 3.05) is 18.9 Å². The van der Waals surface area contributed by atoms with Crippen LogP contribution >= 0.6 is 11.8 Å². The molecule has 2 aromatic carbocycles. The molecule has 4 nitrogen and oxygen atoms in total. The third-order valence-corrected chi connectivity index (χ3v) is 6.00. The van der Waals surface area contributed by atoms with Crippen molar-refractivity contribution in [2.24, 2.45) is 0 Å². The molecule has 3 aromatic rings. The van der Waals surface area contributed by atoms with Crippen molar-refractivity contribution < 1.29 is 4.79 Å². The number of benzene rings is 2. The lowest BCUT2D eigenvalue weighted by Gasteiger charge is -2.25. The monoisotopic (exact) mass is 387 g/mol. The number of hydrogen-bond donors (Lipinski definition) is 1. The van der Waals surface area contributed by atoms with E-state index in [-0.39, 0.29) is 11.2 Å². The van der Waals surface area contributed by atoms with Gasteiger partial charge in [0, 0.05) is 47.5 Å². The van der Waals surface area contributed by atoms with Gasteiger partial charge in [0.1, 0.15) is 5.37 Å². The first-order valence-electron chi connectivity index (χ1n) is 9.13. The highest BCUT2D eigenvalue weighted by Gasteiger charge is 2.24. The summed E-state index contributed by atoms with van der Waals surface area (Å²) in [5, 5.41) is 5.88. The second-order valence-electron chi connectivity index (χ2n) is 6.62. The van der Waals surface area contributed by atoms with Crippen molar-refractivity contribution in [1.29, 1.82) is 0 Å². The first-order chi connectivity index (χ1) is 13.7. The quantitative estimate of drug-likeness (QED) is 0.607. The molecule has 0 amide bonds. The predicted octanol–water partition coefficient (Wildman–Crippen LogP) is 4.94. The van der Waals surface area contributed by atoms with E-state index in [9.17, 15) is 4.79 Å². The average Bonchev–Trinajstić information content (AvgIpc) is 3.13. The Kier molecular flexibility index (Phi) is 5.44. The molecule has 5 heteroatoms. The van der Waals surface area contributed by atoms with Crippen LogP contribution in [0.3, 0.4) is 0 Å². The lowest BCUT2D eigenvalue weighted by atomic mass is 10.0. The molecule has 1 aliphatic rings. The number of rotatable bonds is 6. The van der Waals surface area contributed by atoms with Crippen LogP contribution in [0.4, 0.5) is 5.69 Å². The van der Waals surface area contributed by atoms with Gasteiger partial charge in [0.15, 0.2) is 5.78 Å². The second-order valence-corrected chi connectivity index (χ2v) is 7.58. The van der Waals surface area contributed by atoms with Crippen LogP contribution in [0.15, 0.2) is 90.2 Å². The number of nitrogens with zero attached hydrogens (tertiary/aromatic N) is 2. The van der Waals surface area contributed by atoms with Gasteiger partial charge < -0.3 is 10.2 Å². The van der Waals surface area contributed by atoms with E-state index in [1.54, 1.807) is 18.0 Å². The molecule has 28 heavy (non-hydrogen) atoms. The van der Waals surface area contributed by atoms with Crippen LogP contribution in [0, 0.1) is 0 Å². The van der Waals surface area contributed by atoms with Gasteiger partial charge in [-0.15, -0.1) is 11.8 Å². The number of carbonyl (C=O) groups is 1. The van der Waals surface area contributed by atoms with Crippen LogP contribution in [-0.4, -0.2) is 29.3 Å². The third-order valence-electron chi connectivity index (χ3n) is 4.74. The van der Waals surface area contributed by atoms with E-state index in [0.29, 0.717) is 17.7 Å². The van der Waals surface area contributed by atoms with E-state index >= 15 is 0 Å². The number of ketones is 1. The highest BCUT2D eigenvalue weighted by atomic mass is 32.2. The van der Waals surface area contributed by atoms with Gasteiger partial charge in [-0.1, -0.05) is 48.5 Å². The molecule has 1 unspecified atom stereocenters. The lowest BCUT2D eigenvalue weighted by Crippen LogP contribution is -2.22. The average molecular weight is 388 g/mol. The highest BCUT2D eigenvalue weighted by Crippen LogP contribution is 2.40. The van der Waals surface area contributed by atoms with Crippen LogP contribution in [0.25, 0.3) is 0 Å². The first kappa shape index (κ1) is 18.3. The smallest absolute Gasteiger partial charge is 0.193 e. The molecular formula is C23H21N3OS. The molecule has 1 aromatic heterocycles. The molecule has 1 aliphatic heterocycles. The number of pyridine rings is 1. The molecule has 0 spiro atoms. The fraction of sp³-hybridized carbons (Fsp3) is 0.130. The zero-order valence-corrected chi connectivity index (χ0v) is 16.4. The van der Waals surface area contributed by atoms with E-state index in [4.69, 9.17) is 0 Å². The van der Waals surface area contributed by atoms with Gasteiger partial charge in [-0.05, 0) is 23.6 Å². The van der Waals surface area contributed by atoms with Crippen molar-refractivity contribution in [2.45, 2.75) is 5.37 Å². The number of hydrogen-bond acceptors (Lipinski definition) is 5. The molecule has 0 saturated heterocycles. The molecular weight excluding hydrogens is 366 g/mol. The van der Waals surface area contributed by atoms with Crippen LogP contribution in [0.1, 0.15) is 26.9 Å². The van der Waals surface area contributed by atoms with E-state index < -0.39 is 0 Å². The Hall–Kier alpha value is -3.05. The van der Waals surface area contributed by atoms with Crippen LogP contribution in [-0.2, 0) is 0 Å². The van der Waals surface area contributed by atoms with Crippen molar-refractivity contribution in [1.82, 2.24) is 9.88 Å². The zero-order chi connectivity index (χ0) is 19.3. The van der Waals surface area contributed by atoms with Crippen LogP contribution < -0.4 is 5.32 Å². The lowest BCUT2D eigenvalue weighted by molar-refractivity contribution is 0.103. The topological polar surface area (TPSA) is 45.2 Å². The zero-order valence-electron chi connectivity index (χ0n) is 15.6. The van der Waals surface area contributed by atoms with E-state index in [0.717, 1.165) is 5.69 Å². The van der Waals surface area contributed by atoms with Crippen molar-refractivity contribution in [3.8, 4) is 0 Å². The molecule has 140 valence electrons. The summed E-state index contributed by atoms with van der Waals surface area (Å²) >= 11 is 1.78. The van der Waals surface area contributed by atoms with Crippen molar-refractivity contribution in [3.05, 3.63) is 107 Å². The molecule has 1 atom stereocenters. The Labute approximate surface area is 169 Å². The number of likely N-dealkylation sites (N-methyl/N-ethyl adjacent to an activating group) is 1. The molecule has 0 aliphatic carbocycles. The predicted molar refractivity (Wildman–Crippen MR) is 115 cm³/mol. The summed E-state index contributed by atoms with van der Waals surface area (Å²) in [6.07, 6.45) is 3.71. The minimum atomic E-state index is 0.0358. The summed E-state index contributed by atoms with van der Waals surface area (Å²) in [6, 6.07) is 21.1.